The second-order valence-corrected chi connectivity index (χ2v) is 5.05. The summed E-state index contributed by atoms with van der Waals surface area (Å²) in [5.41, 5.74) is 0. The largest absolute Gasteiger partial charge is 0.339 e. The van der Waals surface area contributed by atoms with Crippen molar-refractivity contribution < 1.29 is 4.52 Å². The highest BCUT2D eigenvalue weighted by Gasteiger charge is 2.34. The molecule has 0 amide bonds. The normalized spacial score (nSPS) is 25.1. The average Bonchev–Trinajstić information content (AvgIpc) is 2.96. The first-order valence-electron chi connectivity index (χ1n) is 5.39. The third kappa shape index (κ3) is 1.66. The molecular formula is C11H13N3OS. The molecule has 1 N–H and O–H groups in total. The molecule has 0 aliphatic carbocycles. The predicted octanol–water partition coefficient (Wildman–Crippen LogP) is 1.91. The minimum absolute atomic E-state index is 0.319. The van der Waals surface area contributed by atoms with Gasteiger partial charge >= 0.3 is 0 Å². The fraction of sp³-hybridized carbons (Fsp3) is 0.455. The van der Waals surface area contributed by atoms with Gasteiger partial charge in [-0.05, 0) is 18.4 Å². The fourth-order valence-corrected chi connectivity index (χ4v) is 3.10. The first-order valence-corrected chi connectivity index (χ1v) is 6.27. The SMILES string of the molecule is Cc1noc([C@H]2CNC[C@H]2c2cccs2)n1. The molecule has 0 spiro atoms. The molecule has 1 aliphatic rings. The highest BCUT2D eigenvalue weighted by Crippen LogP contribution is 2.36. The zero-order valence-electron chi connectivity index (χ0n) is 9.01. The molecule has 1 saturated heterocycles. The molecule has 2 atom stereocenters. The van der Waals surface area contributed by atoms with Crippen molar-refractivity contribution in [1.82, 2.24) is 15.5 Å². The molecule has 3 rings (SSSR count). The Morgan fingerprint density at radius 1 is 1.44 bits per heavy atom. The topological polar surface area (TPSA) is 51.0 Å². The van der Waals surface area contributed by atoms with Crippen molar-refractivity contribution in [3.05, 3.63) is 34.1 Å². The summed E-state index contributed by atoms with van der Waals surface area (Å²) in [5, 5.41) is 9.38. The van der Waals surface area contributed by atoms with E-state index in [1.165, 1.54) is 4.88 Å². The molecule has 1 aliphatic heterocycles. The number of nitrogens with one attached hydrogen (secondary N) is 1. The van der Waals surface area contributed by atoms with E-state index < -0.39 is 0 Å². The van der Waals surface area contributed by atoms with Crippen molar-refractivity contribution >= 4 is 11.3 Å². The standard InChI is InChI=1S/C11H13N3OS/c1-7-13-11(15-14-7)9-6-12-5-8(9)10-3-2-4-16-10/h2-4,8-9,12H,5-6H2,1H3/t8-,9+/m1/s1. The molecule has 5 heteroatoms. The van der Waals surface area contributed by atoms with Crippen LogP contribution in [0.15, 0.2) is 22.0 Å². The van der Waals surface area contributed by atoms with Crippen LogP contribution in [0.4, 0.5) is 0 Å². The van der Waals surface area contributed by atoms with Gasteiger partial charge in [0.1, 0.15) is 0 Å². The van der Waals surface area contributed by atoms with Crippen LogP contribution in [0.3, 0.4) is 0 Å². The average molecular weight is 235 g/mol. The van der Waals surface area contributed by atoms with E-state index >= 15 is 0 Å². The molecule has 1 fully saturated rings. The number of thiophene rings is 1. The van der Waals surface area contributed by atoms with Crippen LogP contribution in [-0.2, 0) is 0 Å². The van der Waals surface area contributed by atoms with Crippen LogP contribution in [0.2, 0.25) is 0 Å². The van der Waals surface area contributed by atoms with E-state index in [2.05, 4.69) is 33.0 Å². The Morgan fingerprint density at radius 2 is 2.31 bits per heavy atom. The molecule has 0 saturated carbocycles. The molecule has 16 heavy (non-hydrogen) atoms. The Hall–Kier alpha value is -1.20. The Kier molecular flexibility index (Phi) is 2.49. The molecule has 2 aromatic rings. The summed E-state index contributed by atoms with van der Waals surface area (Å²) in [5.74, 6) is 2.27. The summed E-state index contributed by atoms with van der Waals surface area (Å²) in [7, 11) is 0. The van der Waals surface area contributed by atoms with Gasteiger partial charge in [-0.3, -0.25) is 0 Å². The third-order valence-electron chi connectivity index (χ3n) is 2.98. The zero-order chi connectivity index (χ0) is 11.0. The minimum Gasteiger partial charge on any atom is -0.339 e. The molecule has 0 unspecified atom stereocenters. The molecule has 84 valence electrons. The van der Waals surface area contributed by atoms with E-state index in [1.807, 2.05) is 6.92 Å². The van der Waals surface area contributed by atoms with Crippen molar-refractivity contribution in [2.45, 2.75) is 18.8 Å². The molecule has 0 radical (unpaired) electrons. The Labute approximate surface area is 97.7 Å². The summed E-state index contributed by atoms with van der Waals surface area (Å²) in [4.78, 5) is 5.73. The number of rotatable bonds is 2. The Bertz CT molecular complexity index is 465. The van der Waals surface area contributed by atoms with Crippen LogP contribution in [0.5, 0.6) is 0 Å². The molecule has 0 aromatic carbocycles. The summed E-state index contributed by atoms with van der Waals surface area (Å²) < 4.78 is 5.28. The van der Waals surface area contributed by atoms with Gasteiger partial charge in [0.05, 0.1) is 5.92 Å². The zero-order valence-corrected chi connectivity index (χ0v) is 9.83. The van der Waals surface area contributed by atoms with Crippen LogP contribution < -0.4 is 5.32 Å². The molecule has 0 bridgehead atoms. The van der Waals surface area contributed by atoms with Crippen molar-refractivity contribution in [3.63, 3.8) is 0 Å². The summed E-state index contributed by atoms with van der Waals surface area (Å²) in [6.45, 7) is 3.77. The van der Waals surface area contributed by atoms with Crippen LogP contribution in [0.1, 0.15) is 28.4 Å². The van der Waals surface area contributed by atoms with Crippen LogP contribution in [0.25, 0.3) is 0 Å². The fourth-order valence-electron chi connectivity index (χ4n) is 2.20. The van der Waals surface area contributed by atoms with Gasteiger partial charge in [0, 0.05) is 23.9 Å². The van der Waals surface area contributed by atoms with Crippen molar-refractivity contribution in [2.75, 3.05) is 13.1 Å². The van der Waals surface area contributed by atoms with Gasteiger partial charge in [0.25, 0.3) is 0 Å². The van der Waals surface area contributed by atoms with Gasteiger partial charge in [-0.1, -0.05) is 11.2 Å². The lowest BCUT2D eigenvalue weighted by Crippen LogP contribution is -2.08. The predicted molar refractivity (Wildman–Crippen MR) is 61.7 cm³/mol. The first kappa shape index (κ1) is 9.99. The number of aryl methyl sites for hydroxylation is 1. The third-order valence-corrected chi connectivity index (χ3v) is 3.99. The molecule has 3 heterocycles. The summed E-state index contributed by atoms with van der Waals surface area (Å²) >= 11 is 1.80. The van der Waals surface area contributed by atoms with Crippen molar-refractivity contribution in [3.8, 4) is 0 Å². The van der Waals surface area contributed by atoms with E-state index in [0.29, 0.717) is 17.7 Å². The summed E-state index contributed by atoms with van der Waals surface area (Å²) in [6.07, 6.45) is 0. The van der Waals surface area contributed by atoms with Crippen molar-refractivity contribution in [2.24, 2.45) is 0 Å². The van der Waals surface area contributed by atoms with Gasteiger partial charge < -0.3 is 9.84 Å². The number of aromatic nitrogens is 2. The smallest absolute Gasteiger partial charge is 0.231 e. The number of nitrogens with zero attached hydrogens (tertiary/aromatic N) is 2. The van der Waals surface area contributed by atoms with Gasteiger partial charge in [-0.25, -0.2) is 0 Å². The Balaban J connectivity index is 1.90. The molecular weight excluding hydrogens is 222 g/mol. The van der Waals surface area contributed by atoms with E-state index in [-0.39, 0.29) is 0 Å². The highest BCUT2D eigenvalue weighted by atomic mass is 32.1. The monoisotopic (exact) mass is 235 g/mol. The maximum atomic E-state index is 5.28. The van der Waals surface area contributed by atoms with E-state index in [4.69, 9.17) is 4.52 Å². The van der Waals surface area contributed by atoms with Crippen molar-refractivity contribution in [1.29, 1.82) is 0 Å². The highest BCUT2D eigenvalue weighted by molar-refractivity contribution is 7.10. The maximum Gasteiger partial charge on any atom is 0.231 e. The quantitative estimate of drug-likeness (QED) is 0.864. The lowest BCUT2D eigenvalue weighted by Gasteiger charge is -2.12. The second kappa shape index (κ2) is 3.99. The van der Waals surface area contributed by atoms with E-state index in [0.717, 1.165) is 19.0 Å². The first-order chi connectivity index (χ1) is 7.84. The lowest BCUT2D eigenvalue weighted by molar-refractivity contribution is 0.349. The minimum atomic E-state index is 0.319. The Morgan fingerprint density at radius 3 is 3.00 bits per heavy atom. The van der Waals surface area contributed by atoms with E-state index in [9.17, 15) is 0 Å². The van der Waals surface area contributed by atoms with Crippen LogP contribution in [-0.4, -0.2) is 23.2 Å². The maximum absolute atomic E-state index is 5.28. The van der Waals surface area contributed by atoms with E-state index in [1.54, 1.807) is 11.3 Å². The second-order valence-electron chi connectivity index (χ2n) is 4.07. The van der Waals surface area contributed by atoms with Crippen LogP contribution >= 0.6 is 11.3 Å². The van der Waals surface area contributed by atoms with Crippen LogP contribution in [0, 0.1) is 6.92 Å². The van der Waals surface area contributed by atoms with Gasteiger partial charge in [-0.15, -0.1) is 11.3 Å². The van der Waals surface area contributed by atoms with Gasteiger partial charge in [0.2, 0.25) is 5.89 Å². The molecule has 4 nitrogen and oxygen atoms in total. The number of hydrogen-bond acceptors (Lipinski definition) is 5. The van der Waals surface area contributed by atoms with Gasteiger partial charge in [-0.2, -0.15) is 4.98 Å². The van der Waals surface area contributed by atoms with Gasteiger partial charge in [0.15, 0.2) is 5.82 Å². The summed E-state index contributed by atoms with van der Waals surface area (Å²) in [6, 6.07) is 4.27. The lowest BCUT2D eigenvalue weighted by atomic mass is 9.94. The number of hydrogen-bond donors (Lipinski definition) is 1. The molecule has 2 aromatic heterocycles.